The number of amides is 2. The highest BCUT2D eigenvalue weighted by Gasteiger charge is 2.43. The van der Waals surface area contributed by atoms with Gasteiger partial charge in [0.1, 0.15) is 10.5 Å². The monoisotopic (exact) mass is 406 g/mol. The summed E-state index contributed by atoms with van der Waals surface area (Å²) in [6.45, 7) is 3.07. The van der Waals surface area contributed by atoms with Crippen molar-refractivity contribution in [2.24, 2.45) is 0 Å². The molecule has 152 valence electrons. The molecule has 0 atom stereocenters. The van der Waals surface area contributed by atoms with Gasteiger partial charge < -0.3 is 19.6 Å². The Kier molecular flexibility index (Phi) is 5.42. The van der Waals surface area contributed by atoms with Gasteiger partial charge in [-0.05, 0) is 43.7 Å². The maximum atomic E-state index is 12.6. The Bertz CT molecular complexity index is 782. The Morgan fingerprint density at radius 2 is 1.96 bits per heavy atom. The third kappa shape index (κ3) is 3.67. The fourth-order valence-electron chi connectivity index (χ4n) is 4.50. The fraction of sp³-hybridized carbons (Fsp3) is 0.650. The Hall–Kier alpha value is -1.93. The molecule has 1 aromatic rings. The van der Waals surface area contributed by atoms with Crippen LogP contribution in [0.2, 0.25) is 0 Å². The lowest BCUT2D eigenvalue weighted by Gasteiger charge is -2.43. The molecule has 2 amide bonds. The van der Waals surface area contributed by atoms with Crippen LogP contribution in [0.4, 0.5) is 0 Å². The van der Waals surface area contributed by atoms with Crippen LogP contribution in [-0.4, -0.2) is 65.5 Å². The molecule has 3 aliphatic rings. The summed E-state index contributed by atoms with van der Waals surface area (Å²) < 4.78 is 6.15. The number of carboxylic acids is 1. The molecule has 0 unspecified atom stereocenters. The van der Waals surface area contributed by atoms with Crippen molar-refractivity contribution in [2.45, 2.75) is 50.5 Å². The van der Waals surface area contributed by atoms with E-state index in [0.717, 1.165) is 36.2 Å². The van der Waals surface area contributed by atoms with E-state index in [2.05, 4.69) is 0 Å². The number of hydrogen-bond acceptors (Lipinski definition) is 5. The number of rotatable bonds is 4. The second-order valence-corrected chi connectivity index (χ2v) is 8.88. The number of nitrogens with zero attached hydrogens (tertiary/aromatic N) is 2. The smallest absolute Gasteiger partial charge is 0.345 e. The van der Waals surface area contributed by atoms with Crippen LogP contribution in [-0.2, 0) is 26.3 Å². The molecule has 1 N–H and O–H groups in total. The lowest BCUT2D eigenvalue weighted by molar-refractivity contribution is -0.141. The highest BCUT2D eigenvalue weighted by molar-refractivity contribution is 7.14. The normalized spacial score (nSPS) is 21.6. The third-order valence-corrected chi connectivity index (χ3v) is 7.47. The second kappa shape index (κ2) is 7.83. The summed E-state index contributed by atoms with van der Waals surface area (Å²) in [6, 6.07) is 1.78. The van der Waals surface area contributed by atoms with E-state index in [-0.39, 0.29) is 11.8 Å². The average molecular weight is 407 g/mol. The fourth-order valence-corrected chi connectivity index (χ4v) is 5.75. The maximum absolute atomic E-state index is 12.6. The first-order valence-electron chi connectivity index (χ1n) is 10.0. The van der Waals surface area contributed by atoms with Crippen LogP contribution in [0.25, 0.3) is 0 Å². The number of carbonyl (C=O) groups excluding carboxylic acids is 2. The molecule has 0 aromatic carbocycles. The summed E-state index contributed by atoms with van der Waals surface area (Å²) in [6.07, 6.45) is 5.05. The van der Waals surface area contributed by atoms with Gasteiger partial charge in [-0.3, -0.25) is 9.59 Å². The molecule has 4 heterocycles. The van der Waals surface area contributed by atoms with Gasteiger partial charge in [-0.15, -0.1) is 11.3 Å². The molecule has 0 aliphatic carbocycles. The van der Waals surface area contributed by atoms with Gasteiger partial charge in [-0.2, -0.15) is 0 Å². The van der Waals surface area contributed by atoms with E-state index in [1.807, 2.05) is 9.80 Å². The molecule has 2 saturated heterocycles. The van der Waals surface area contributed by atoms with Crippen LogP contribution < -0.4 is 0 Å². The van der Waals surface area contributed by atoms with Crippen molar-refractivity contribution in [1.29, 1.82) is 0 Å². The summed E-state index contributed by atoms with van der Waals surface area (Å²) in [7, 11) is 0. The van der Waals surface area contributed by atoms with E-state index >= 15 is 0 Å². The molecule has 2 fully saturated rings. The zero-order chi connectivity index (χ0) is 19.7. The van der Waals surface area contributed by atoms with E-state index < -0.39 is 11.6 Å². The zero-order valence-corrected chi connectivity index (χ0v) is 16.8. The minimum absolute atomic E-state index is 0.0849. The van der Waals surface area contributed by atoms with Crippen LogP contribution >= 0.6 is 11.3 Å². The summed E-state index contributed by atoms with van der Waals surface area (Å²) in [5.74, 6) is -0.650. The topological polar surface area (TPSA) is 87.2 Å². The van der Waals surface area contributed by atoms with Crippen molar-refractivity contribution in [3.05, 3.63) is 21.4 Å². The van der Waals surface area contributed by atoms with Gasteiger partial charge >= 0.3 is 5.97 Å². The largest absolute Gasteiger partial charge is 0.477 e. The highest BCUT2D eigenvalue weighted by Crippen LogP contribution is 2.45. The second-order valence-electron chi connectivity index (χ2n) is 7.83. The Morgan fingerprint density at radius 1 is 1.18 bits per heavy atom. The minimum Gasteiger partial charge on any atom is -0.477 e. The summed E-state index contributed by atoms with van der Waals surface area (Å²) in [4.78, 5) is 40.9. The molecule has 1 aromatic heterocycles. The molecule has 0 radical (unpaired) electrons. The lowest BCUT2D eigenvalue weighted by atomic mass is 9.85. The van der Waals surface area contributed by atoms with Gasteiger partial charge in [0.2, 0.25) is 11.8 Å². The first-order chi connectivity index (χ1) is 13.5. The van der Waals surface area contributed by atoms with Crippen LogP contribution in [0.5, 0.6) is 0 Å². The number of thiophene rings is 1. The van der Waals surface area contributed by atoms with Crippen molar-refractivity contribution in [2.75, 3.05) is 32.8 Å². The number of carboxylic acid groups (broad SMARTS) is 1. The van der Waals surface area contributed by atoms with Crippen LogP contribution in [0.15, 0.2) is 6.07 Å². The predicted molar refractivity (Wildman–Crippen MR) is 103 cm³/mol. The number of hydrogen-bond donors (Lipinski definition) is 1. The molecule has 28 heavy (non-hydrogen) atoms. The SMILES string of the molecule is O=C(O)c1cc2c(s1)C1(CCN(C(=O)CCN3CCCCC3=O)CC1)OCC2. The first-order valence-corrected chi connectivity index (χ1v) is 10.9. The molecule has 7 nitrogen and oxygen atoms in total. The molecule has 0 saturated carbocycles. The van der Waals surface area contributed by atoms with Gasteiger partial charge in [-0.1, -0.05) is 0 Å². The standard InChI is InChI=1S/C20H26N2O5S/c23-16-3-1-2-8-21(16)9-4-17(24)22-10-6-20(7-11-22)18-14(5-12-27-20)13-15(28-18)19(25)26/h13H,1-12H2,(H,25,26). The molecular formula is C20H26N2O5S. The third-order valence-electron chi connectivity index (χ3n) is 6.12. The van der Waals surface area contributed by atoms with E-state index in [1.54, 1.807) is 6.07 Å². The average Bonchev–Trinajstić information content (AvgIpc) is 3.14. The first kappa shape index (κ1) is 19.4. The Morgan fingerprint density at radius 3 is 2.68 bits per heavy atom. The molecule has 1 spiro atoms. The van der Waals surface area contributed by atoms with E-state index in [9.17, 15) is 19.5 Å². The number of ether oxygens (including phenoxy) is 1. The van der Waals surface area contributed by atoms with Crippen LogP contribution in [0, 0.1) is 0 Å². The minimum atomic E-state index is -0.894. The summed E-state index contributed by atoms with van der Waals surface area (Å²) >= 11 is 1.32. The number of likely N-dealkylation sites (tertiary alicyclic amines) is 2. The molecule has 0 bridgehead atoms. The van der Waals surface area contributed by atoms with Crippen molar-refractivity contribution in [3.8, 4) is 0 Å². The zero-order valence-electron chi connectivity index (χ0n) is 15.9. The van der Waals surface area contributed by atoms with E-state index in [0.29, 0.717) is 56.8 Å². The summed E-state index contributed by atoms with van der Waals surface area (Å²) in [5.41, 5.74) is 0.628. The van der Waals surface area contributed by atoms with Crippen LogP contribution in [0.1, 0.15) is 58.6 Å². The maximum Gasteiger partial charge on any atom is 0.345 e. The van der Waals surface area contributed by atoms with Gasteiger partial charge in [0.15, 0.2) is 0 Å². The van der Waals surface area contributed by atoms with Crippen molar-refractivity contribution < 1.29 is 24.2 Å². The van der Waals surface area contributed by atoms with Crippen molar-refractivity contribution in [3.63, 3.8) is 0 Å². The quantitative estimate of drug-likeness (QED) is 0.829. The predicted octanol–water partition coefficient (Wildman–Crippen LogP) is 2.24. The number of carbonyl (C=O) groups is 3. The van der Waals surface area contributed by atoms with Gasteiger partial charge in [0, 0.05) is 43.9 Å². The summed E-state index contributed by atoms with van der Waals surface area (Å²) in [5, 5.41) is 9.31. The number of aromatic carboxylic acids is 1. The Labute approximate surface area is 168 Å². The highest BCUT2D eigenvalue weighted by atomic mass is 32.1. The van der Waals surface area contributed by atoms with Gasteiger partial charge in [-0.25, -0.2) is 4.79 Å². The van der Waals surface area contributed by atoms with Gasteiger partial charge in [0.05, 0.1) is 6.61 Å². The molecule has 3 aliphatic heterocycles. The lowest BCUT2D eigenvalue weighted by Crippen LogP contribution is -2.48. The molecule has 8 heteroatoms. The molecular weight excluding hydrogens is 380 g/mol. The number of piperidine rings is 2. The Balaban J connectivity index is 1.36. The number of fused-ring (bicyclic) bond motifs is 2. The van der Waals surface area contributed by atoms with E-state index in [1.165, 1.54) is 11.3 Å². The van der Waals surface area contributed by atoms with E-state index in [4.69, 9.17) is 4.74 Å². The molecule has 4 rings (SSSR count). The van der Waals surface area contributed by atoms with Crippen molar-refractivity contribution in [1.82, 2.24) is 9.80 Å². The van der Waals surface area contributed by atoms with Crippen molar-refractivity contribution >= 4 is 29.1 Å². The van der Waals surface area contributed by atoms with Crippen LogP contribution in [0.3, 0.4) is 0 Å². The van der Waals surface area contributed by atoms with Gasteiger partial charge in [0.25, 0.3) is 0 Å².